The molecule has 0 aromatic rings. The highest BCUT2D eigenvalue weighted by atomic mass is 16.5. The van der Waals surface area contributed by atoms with Crippen molar-refractivity contribution in [2.45, 2.75) is 59.9 Å². The molecule has 0 aliphatic carbocycles. The predicted molar refractivity (Wildman–Crippen MR) is 114 cm³/mol. The molecule has 0 saturated carbocycles. The van der Waals surface area contributed by atoms with Crippen LogP contribution in [-0.2, 0) is 19.0 Å². The lowest BCUT2D eigenvalue weighted by atomic mass is 9.88. The topological polar surface area (TPSA) is 51.2 Å². The summed E-state index contributed by atoms with van der Waals surface area (Å²) in [5.41, 5.74) is 0.0252. The maximum atomic E-state index is 11.8. The highest BCUT2D eigenvalue weighted by Crippen LogP contribution is 2.17. The Bertz CT molecular complexity index is 421. The van der Waals surface area contributed by atoms with E-state index in [-0.39, 0.29) is 11.0 Å². The van der Waals surface area contributed by atoms with Crippen molar-refractivity contribution in [3.05, 3.63) is 0 Å². The van der Waals surface area contributed by atoms with Crippen LogP contribution in [-0.4, -0.2) is 93.5 Å². The van der Waals surface area contributed by atoms with Gasteiger partial charge in [-0.2, -0.15) is 0 Å². The fourth-order valence-electron chi connectivity index (χ4n) is 3.09. The van der Waals surface area contributed by atoms with Crippen LogP contribution in [0.5, 0.6) is 0 Å². The summed E-state index contributed by atoms with van der Waals surface area (Å²) in [6, 6.07) is 0. The molecule has 1 aliphatic rings. The minimum Gasteiger partial charge on any atom is -0.379 e. The van der Waals surface area contributed by atoms with E-state index in [2.05, 4.69) is 30.6 Å². The van der Waals surface area contributed by atoms with Crippen molar-refractivity contribution in [1.29, 1.82) is 0 Å². The lowest BCUT2D eigenvalue weighted by Gasteiger charge is -2.42. The molecule has 0 amide bonds. The summed E-state index contributed by atoms with van der Waals surface area (Å²) in [6.07, 6.45) is 1.37. The fraction of sp³-hybridized carbons (Fsp3) is 0.955. The molecule has 1 heterocycles. The van der Waals surface area contributed by atoms with Crippen molar-refractivity contribution in [2.75, 3.05) is 72.4 Å². The van der Waals surface area contributed by atoms with Gasteiger partial charge in [-0.1, -0.05) is 20.8 Å². The second kappa shape index (κ2) is 12.9. The molecule has 28 heavy (non-hydrogen) atoms. The smallest absolute Gasteiger partial charge is 0.138 e. The summed E-state index contributed by atoms with van der Waals surface area (Å²) < 4.78 is 16.7. The van der Waals surface area contributed by atoms with Gasteiger partial charge in [0, 0.05) is 56.7 Å². The second-order valence-corrected chi connectivity index (χ2v) is 9.61. The van der Waals surface area contributed by atoms with Gasteiger partial charge < -0.3 is 14.2 Å². The maximum Gasteiger partial charge on any atom is 0.138 e. The van der Waals surface area contributed by atoms with E-state index in [9.17, 15) is 4.79 Å². The number of ketones is 1. The molecule has 6 heteroatoms. The first-order valence-electron chi connectivity index (χ1n) is 10.8. The Kier molecular flexibility index (Phi) is 11.8. The van der Waals surface area contributed by atoms with E-state index in [1.165, 1.54) is 0 Å². The summed E-state index contributed by atoms with van der Waals surface area (Å²) in [5.74, 6) is 0.292. The van der Waals surface area contributed by atoms with Gasteiger partial charge in [-0.25, -0.2) is 0 Å². The van der Waals surface area contributed by atoms with Crippen LogP contribution in [0.15, 0.2) is 0 Å². The molecular formula is C22H44N2O4. The Labute approximate surface area is 172 Å². The maximum absolute atomic E-state index is 11.8. The Morgan fingerprint density at radius 3 is 1.75 bits per heavy atom. The number of carbonyl (C=O) groups excluding carboxylic acids is 1. The van der Waals surface area contributed by atoms with Crippen LogP contribution in [0, 0.1) is 5.41 Å². The zero-order valence-electron chi connectivity index (χ0n) is 19.2. The molecule has 0 radical (unpaired) electrons. The third-order valence-corrected chi connectivity index (χ3v) is 5.15. The molecule has 0 N–H and O–H groups in total. The summed E-state index contributed by atoms with van der Waals surface area (Å²) in [5, 5.41) is 0. The molecular weight excluding hydrogens is 356 g/mol. The number of hydrogen-bond acceptors (Lipinski definition) is 6. The van der Waals surface area contributed by atoms with E-state index < -0.39 is 0 Å². The minimum absolute atomic E-state index is 0.246. The molecule has 1 saturated heterocycles. The number of nitrogens with zero attached hydrogens (tertiary/aromatic N) is 2. The second-order valence-electron chi connectivity index (χ2n) is 9.61. The molecule has 1 rings (SSSR count). The van der Waals surface area contributed by atoms with Gasteiger partial charge in [0.2, 0.25) is 0 Å². The highest BCUT2D eigenvalue weighted by molar-refractivity contribution is 5.83. The largest absolute Gasteiger partial charge is 0.379 e. The first-order chi connectivity index (χ1) is 13.1. The lowest BCUT2D eigenvalue weighted by molar-refractivity contribution is -0.126. The van der Waals surface area contributed by atoms with E-state index in [1.54, 1.807) is 0 Å². The summed E-state index contributed by atoms with van der Waals surface area (Å²) >= 11 is 0. The van der Waals surface area contributed by atoms with Gasteiger partial charge in [0.1, 0.15) is 5.78 Å². The van der Waals surface area contributed by atoms with Crippen LogP contribution in [0.25, 0.3) is 0 Å². The van der Waals surface area contributed by atoms with Crippen molar-refractivity contribution in [2.24, 2.45) is 5.41 Å². The molecule has 0 aromatic heterocycles. The lowest BCUT2D eigenvalue weighted by Crippen LogP contribution is -2.53. The summed E-state index contributed by atoms with van der Waals surface area (Å²) in [7, 11) is 0. The van der Waals surface area contributed by atoms with Crippen molar-refractivity contribution in [3.63, 3.8) is 0 Å². The number of carbonyl (C=O) groups is 1. The van der Waals surface area contributed by atoms with Crippen LogP contribution in [0.3, 0.4) is 0 Å². The predicted octanol–water partition coefficient (Wildman–Crippen LogP) is 2.85. The summed E-state index contributed by atoms with van der Waals surface area (Å²) in [4.78, 5) is 16.8. The molecule has 1 aliphatic heterocycles. The SMILES string of the molecule is CC(C)(C)C(=O)CCCOCCOCCOCCN1CCN(C(C)(C)C)CC1. The molecule has 166 valence electrons. The Morgan fingerprint density at radius 1 is 0.750 bits per heavy atom. The van der Waals surface area contributed by atoms with E-state index in [1.807, 2.05) is 20.8 Å². The van der Waals surface area contributed by atoms with E-state index >= 15 is 0 Å². The van der Waals surface area contributed by atoms with Crippen LogP contribution in [0.2, 0.25) is 0 Å². The zero-order chi connectivity index (χ0) is 21.0. The van der Waals surface area contributed by atoms with Crippen LogP contribution in [0.4, 0.5) is 0 Å². The highest BCUT2D eigenvalue weighted by Gasteiger charge is 2.25. The van der Waals surface area contributed by atoms with Gasteiger partial charge in [-0.15, -0.1) is 0 Å². The Morgan fingerprint density at radius 2 is 1.25 bits per heavy atom. The third kappa shape index (κ3) is 11.5. The average molecular weight is 401 g/mol. The standard InChI is InChI=1S/C22H44N2O4/c1-21(2,3)20(25)8-7-14-26-16-18-28-19-17-27-15-13-23-9-11-24(12-10-23)22(4,5)6/h7-19H2,1-6H3. The van der Waals surface area contributed by atoms with E-state index in [4.69, 9.17) is 14.2 Å². The Balaban J connectivity index is 1.85. The Hall–Kier alpha value is -0.530. The third-order valence-electron chi connectivity index (χ3n) is 5.15. The van der Waals surface area contributed by atoms with Gasteiger partial charge in [0.05, 0.1) is 33.0 Å². The molecule has 0 unspecified atom stereocenters. The monoisotopic (exact) mass is 400 g/mol. The number of piperazine rings is 1. The quantitative estimate of drug-likeness (QED) is 0.443. The van der Waals surface area contributed by atoms with E-state index in [0.717, 1.165) is 45.8 Å². The van der Waals surface area contributed by atoms with Gasteiger partial charge >= 0.3 is 0 Å². The van der Waals surface area contributed by atoms with Crippen molar-refractivity contribution in [3.8, 4) is 0 Å². The molecule has 1 fully saturated rings. The fourth-order valence-corrected chi connectivity index (χ4v) is 3.09. The van der Waals surface area contributed by atoms with Crippen LogP contribution in [0.1, 0.15) is 54.4 Å². The molecule has 0 aromatic carbocycles. The average Bonchev–Trinajstić information content (AvgIpc) is 2.61. The normalized spacial score (nSPS) is 17.2. The van der Waals surface area contributed by atoms with Gasteiger partial charge in [0.25, 0.3) is 0 Å². The number of ether oxygens (including phenoxy) is 3. The first-order valence-corrected chi connectivity index (χ1v) is 10.8. The molecule has 0 bridgehead atoms. The molecule has 6 nitrogen and oxygen atoms in total. The van der Waals surface area contributed by atoms with Crippen LogP contribution >= 0.6 is 0 Å². The first kappa shape index (κ1) is 25.5. The minimum atomic E-state index is -0.246. The summed E-state index contributed by atoms with van der Waals surface area (Å²) in [6.45, 7) is 22.0. The van der Waals surface area contributed by atoms with E-state index in [0.29, 0.717) is 45.2 Å². The van der Waals surface area contributed by atoms with Crippen molar-refractivity contribution < 1.29 is 19.0 Å². The van der Waals surface area contributed by atoms with Crippen molar-refractivity contribution >= 4 is 5.78 Å². The van der Waals surface area contributed by atoms with Crippen molar-refractivity contribution in [1.82, 2.24) is 9.80 Å². The number of Topliss-reactive ketones (excluding diaryl/α,β-unsaturated/α-hetero) is 1. The number of hydrogen-bond donors (Lipinski definition) is 0. The molecule has 0 atom stereocenters. The van der Waals surface area contributed by atoms with Gasteiger partial charge in [-0.05, 0) is 27.2 Å². The van der Waals surface area contributed by atoms with Gasteiger partial charge in [-0.3, -0.25) is 14.6 Å². The van der Waals surface area contributed by atoms with Gasteiger partial charge in [0.15, 0.2) is 0 Å². The number of rotatable bonds is 13. The molecule has 0 spiro atoms. The zero-order valence-corrected chi connectivity index (χ0v) is 19.2. The van der Waals surface area contributed by atoms with Crippen LogP contribution < -0.4 is 0 Å².